The fraction of sp³-hybridized carbons (Fsp3) is 0.400. The van der Waals surface area contributed by atoms with E-state index in [-0.39, 0.29) is 24.0 Å². The molecule has 4 N–H and O–H groups in total. The molecule has 0 radical (unpaired) electrons. The van der Waals surface area contributed by atoms with Crippen molar-refractivity contribution in [3.05, 3.63) is 5.82 Å². The number of quaternary nitrogens is 1. The van der Waals surface area contributed by atoms with E-state index in [9.17, 15) is 0 Å². The highest BCUT2D eigenvalue weighted by Crippen LogP contribution is 1.90. The molecule has 1 aromatic heterocycles. The van der Waals surface area contributed by atoms with Crippen molar-refractivity contribution < 1.29 is 29.3 Å². The van der Waals surface area contributed by atoms with Crippen LogP contribution >= 0.6 is 11.8 Å². The number of aryl methyl sites for hydroxylation is 1. The van der Waals surface area contributed by atoms with Gasteiger partial charge in [0.15, 0.2) is 0 Å². The number of nitrogens with zero attached hydrogens (tertiary/aromatic N) is 2. The minimum absolute atomic E-state index is 0. The molecule has 12 heavy (non-hydrogen) atoms. The molecule has 0 amide bonds. The van der Waals surface area contributed by atoms with Gasteiger partial charge in [0.1, 0.15) is 5.82 Å². The van der Waals surface area contributed by atoms with Crippen molar-refractivity contribution in [2.75, 3.05) is 6.26 Å². The molecule has 68 valence electrons. The number of thioether (sulfide) groups is 1. The number of nitrogens with two attached hydrogens (primary N) is 1. The van der Waals surface area contributed by atoms with Gasteiger partial charge >= 0.3 is 5.95 Å². The van der Waals surface area contributed by atoms with Crippen LogP contribution in [0, 0.1) is 12.3 Å². The number of aromatic nitrogens is 3. The van der Waals surface area contributed by atoms with Crippen molar-refractivity contribution in [1.82, 2.24) is 15.2 Å². The smallest absolute Gasteiger partial charge is 0.351 e. The summed E-state index contributed by atoms with van der Waals surface area (Å²) in [4.78, 5) is 4.02. The Kier molecular flexibility index (Phi) is 5.42. The average Bonchev–Trinajstić information content (AvgIpc) is 2.35. The molecule has 1 aromatic rings. The Balaban J connectivity index is 0.00000121. The Bertz CT molecular complexity index is 260. The van der Waals surface area contributed by atoms with Crippen LogP contribution in [0.3, 0.4) is 0 Å². The Hall–Kier alpha value is -0.150. The predicted octanol–water partition coefficient (Wildman–Crippen LogP) is -3.39. The first-order chi connectivity index (χ1) is 5.22. The van der Waals surface area contributed by atoms with Crippen LogP contribution in [-0.4, -0.2) is 26.6 Å². The predicted molar refractivity (Wildman–Crippen MR) is 43.9 cm³/mol. The summed E-state index contributed by atoms with van der Waals surface area (Å²) in [6.45, 7) is 1.83. The van der Waals surface area contributed by atoms with Crippen LogP contribution in [0.15, 0.2) is 0 Å². The SMILES string of the molecule is CSC(=N)[NH2+]c1n[nH]c(C)n1.[I-]. The number of nitrogens with one attached hydrogen (secondary N) is 2. The number of H-pyrrole nitrogens is 1. The third-order valence-corrected chi connectivity index (χ3v) is 1.65. The molecular weight excluding hydrogens is 289 g/mol. The molecule has 0 bridgehead atoms. The highest BCUT2D eigenvalue weighted by molar-refractivity contribution is 8.12. The van der Waals surface area contributed by atoms with Crippen molar-refractivity contribution in [1.29, 1.82) is 5.41 Å². The van der Waals surface area contributed by atoms with Crippen LogP contribution in [0.4, 0.5) is 5.95 Å². The first-order valence-electron chi connectivity index (χ1n) is 3.08. The lowest BCUT2D eigenvalue weighted by molar-refractivity contribution is -0.447. The van der Waals surface area contributed by atoms with Crippen LogP contribution in [0.2, 0.25) is 0 Å². The van der Waals surface area contributed by atoms with E-state index in [1.165, 1.54) is 11.8 Å². The topological polar surface area (TPSA) is 82.0 Å². The van der Waals surface area contributed by atoms with Gasteiger partial charge in [0.05, 0.1) is 0 Å². The van der Waals surface area contributed by atoms with E-state index >= 15 is 0 Å². The normalized spacial score (nSPS) is 9.17. The number of hydrogen-bond donors (Lipinski definition) is 3. The summed E-state index contributed by atoms with van der Waals surface area (Å²) in [6, 6.07) is 0. The number of rotatable bonds is 1. The second-order valence-corrected chi connectivity index (χ2v) is 2.84. The maximum absolute atomic E-state index is 7.30. The van der Waals surface area contributed by atoms with Gasteiger partial charge in [-0.25, -0.2) is 10.7 Å². The average molecular weight is 299 g/mol. The highest BCUT2D eigenvalue weighted by atomic mass is 127. The van der Waals surface area contributed by atoms with E-state index in [0.29, 0.717) is 11.1 Å². The fourth-order valence-electron chi connectivity index (χ4n) is 0.601. The second-order valence-electron chi connectivity index (χ2n) is 1.99. The third-order valence-electron chi connectivity index (χ3n) is 1.09. The number of amidine groups is 1. The van der Waals surface area contributed by atoms with E-state index in [4.69, 9.17) is 5.41 Å². The lowest BCUT2D eigenvalue weighted by Gasteiger charge is -1.89. The lowest BCUT2D eigenvalue weighted by Crippen LogP contribution is -3.00. The quantitative estimate of drug-likeness (QED) is 0.287. The summed E-state index contributed by atoms with van der Waals surface area (Å²) in [5.41, 5.74) is 0. The van der Waals surface area contributed by atoms with Crippen molar-refractivity contribution >= 4 is 22.9 Å². The van der Waals surface area contributed by atoms with Crippen molar-refractivity contribution in [3.8, 4) is 0 Å². The van der Waals surface area contributed by atoms with Gasteiger partial charge in [0, 0.05) is 0 Å². The zero-order valence-electron chi connectivity index (χ0n) is 6.76. The molecule has 1 heterocycles. The lowest BCUT2D eigenvalue weighted by atomic mass is 10.7. The first-order valence-corrected chi connectivity index (χ1v) is 4.31. The van der Waals surface area contributed by atoms with Gasteiger partial charge in [-0.1, -0.05) is 5.10 Å². The molecule has 0 unspecified atom stereocenters. The number of halogens is 1. The zero-order chi connectivity index (χ0) is 8.27. The summed E-state index contributed by atoms with van der Waals surface area (Å²) >= 11 is 1.36. The second kappa shape index (κ2) is 5.49. The molecule has 5 nitrogen and oxygen atoms in total. The van der Waals surface area contributed by atoms with Crippen LogP contribution in [-0.2, 0) is 0 Å². The highest BCUT2D eigenvalue weighted by Gasteiger charge is 2.06. The zero-order valence-corrected chi connectivity index (χ0v) is 9.73. The molecule has 7 heteroatoms. The van der Waals surface area contributed by atoms with E-state index in [1.807, 2.05) is 13.2 Å². The van der Waals surface area contributed by atoms with Crippen molar-refractivity contribution in [3.63, 3.8) is 0 Å². The maximum Gasteiger partial charge on any atom is 0.351 e. The van der Waals surface area contributed by atoms with Crippen molar-refractivity contribution in [2.24, 2.45) is 0 Å². The molecule has 0 aromatic carbocycles. The van der Waals surface area contributed by atoms with Gasteiger partial charge in [-0.3, -0.25) is 5.10 Å². The van der Waals surface area contributed by atoms with Crippen LogP contribution < -0.4 is 29.3 Å². The van der Waals surface area contributed by atoms with Gasteiger partial charge in [-0.05, 0) is 24.9 Å². The van der Waals surface area contributed by atoms with Crippen LogP contribution in [0.25, 0.3) is 0 Å². The molecule has 0 saturated heterocycles. The number of hydrogen-bond acceptors (Lipinski definition) is 4. The van der Waals surface area contributed by atoms with E-state index < -0.39 is 0 Å². The molecule has 0 atom stereocenters. The molecule has 0 spiro atoms. The standard InChI is InChI=1S/C5H9N5S.HI/c1-3-7-5(10-9-3)8-4(6)11-2;/h1-2H3,(H3,6,7,8,9,10);1H. The molecule has 0 aliphatic carbocycles. The van der Waals surface area contributed by atoms with Crippen molar-refractivity contribution in [2.45, 2.75) is 6.92 Å². The third kappa shape index (κ3) is 3.50. The van der Waals surface area contributed by atoms with E-state index in [1.54, 1.807) is 5.32 Å². The summed E-state index contributed by atoms with van der Waals surface area (Å²) in [6.07, 6.45) is 1.85. The molecule has 1 rings (SSSR count). The molecule has 0 fully saturated rings. The maximum atomic E-state index is 7.30. The monoisotopic (exact) mass is 299 g/mol. The molecule has 0 aliphatic heterocycles. The largest absolute Gasteiger partial charge is 1.00 e. The fourth-order valence-corrected chi connectivity index (χ4v) is 0.824. The van der Waals surface area contributed by atoms with E-state index in [2.05, 4.69) is 15.2 Å². The van der Waals surface area contributed by atoms with Crippen LogP contribution in [0.5, 0.6) is 0 Å². The van der Waals surface area contributed by atoms with Gasteiger partial charge in [-0.15, -0.1) is 0 Å². The Labute approximate surface area is 91.6 Å². The van der Waals surface area contributed by atoms with Gasteiger partial charge < -0.3 is 24.0 Å². The first kappa shape index (κ1) is 11.8. The Morgan fingerprint density at radius 2 is 2.33 bits per heavy atom. The molecule has 0 aliphatic rings. The summed E-state index contributed by atoms with van der Waals surface area (Å²) in [7, 11) is 0. The molecular formula is C5H10IN5S. The van der Waals surface area contributed by atoms with Gasteiger partial charge in [-0.2, -0.15) is 4.98 Å². The van der Waals surface area contributed by atoms with E-state index in [0.717, 1.165) is 5.82 Å². The van der Waals surface area contributed by atoms with Gasteiger partial charge in [0.25, 0.3) is 5.17 Å². The summed E-state index contributed by atoms with van der Waals surface area (Å²) < 4.78 is 0. The Morgan fingerprint density at radius 1 is 1.67 bits per heavy atom. The molecule has 0 saturated carbocycles. The summed E-state index contributed by atoms with van der Waals surface area (Å²) in [5.74, 6) is 1.34. The number of aromatic amines is 1. The minimum atomic E-state index is 0. The summed E-state index contributed by atoms with van der Waals surface area (Å²) in [5, 5.41) is 15.9. The minimum Gasteiger partial charge on any atom is -1.00 e. The Morgan fingerprint density at radius 3 is 2.75 bits per heavy atom. The van der Waals surface area contributed by atoms with Gasteiger partial charge in [0.2, 0.25) is 0 Å². The van der Waals surface area contributed by atoms with Crippen LogP contribution in [0.1, 0.15) is 5.82 Å².